The summed E-state index contributed by atoms with van der Waals surface area (Å²) in [5, 5.41) is 13.1. The number of rotatable bonds is 3. The molecule has 2 atom stereocenters. The molecule has 1 aliphatic rings. The zero-order valence-electron chi connectivity index (χ0n) is 11.7. The van der Waals surface area contributed by atoms with Gasteiger partial charge in [-0.3, -0.25) is 4.79 Å². The quantitative estimate of drug-likeness (QED) is 0.742. The normalized spacial score (nSPS) is 26.2. The topological polar surface area (TPSA) is 75.3 Å². The van der Waals surface area contributed by atoms with E-state index in [-0.39, 0.29) is 17.8 Å². The van der Waals surface area contributed by atoms with Crippen LogP contribution in [-0.4, -0.2) is 23.2 Å². The Labute approximate surface area is 118 Å². The molecule has 4 nitrogen and oxygen atoms in total. The summed E-state index contributed by atoms with van der Waals surface area (Å²) in [4.78, 5) is 12.0. The zero-order chi connectivity index (χ0) is 14.8. The summed E-state index contributed by atoms with van der Waals surface area (Å²) in [5.74, 6) is -0.507. The van der Waals surface area contributed by atoms with E-state index in [1.54, 1.807) is 0 Å². The molecule has 0 aromatic heterocycles. The molecule has 1 saturated carbocycles. The van der Waals surface area contributed by atoms with Crippen LogP contribution in [-0.2, 0) is 0 Å². The lowest BCUT2D eigenvalue weighted by Crippen LogP contribution is -2.45. The third kappa shape index (κ3) is 3.48. The van der Waals surface area contributed by atoms with Crippen LogP contribution >= 0.6 is 0 Å². The Morgan fingerprint density at radius 1 is 1.60 bits per heavy atom. The van der Waals surface area contributed by atoms with Crippen LogP contribution in [0.25, 0.3) is 0 Å². The largest absolute Gasteiger partial charge is 0.398 e. The maximum Gasteiger partial charge on any atom is 0.253 e. The molecule has 2 unspecified atom stereocenters. The molecule has 0 saturated heterocycles. The first-order valence-electron chi connectivity index (χ1n) is 6.95. The number of aliphatic hydroxyl groups is 1. The van der Waals surface area contributed by atoms with Gasteiger partial charge >= 0.3 is 0 Å². The fraction of sp³-hybridized carbons (Fsp3) is 0.533. The summed E-state index contributed by atoms with van der Waals surface area (Å²) in [6.45, 7) is 2.27. The van der Waals surface area contributed by atoms with Gasteiger partial charge in [-0.05, 0) is 37.0 Å². The molecule has 5 heteroatoms. The van der Waals surface area contributed by atoms with Gasteiger partial charge in [0.2, 0.25) is 0 Å². The van der Waals surface area contributed by atoms with Crippen LogP contribution in [0.1, 0.15) is 43.0 Å². The van der Waals surface area contributed by atoms with E-state index >= 15 is 0 Å². The van der Waals surface area contributed by atoms with Crippen molar-refractivity contribution >= 4 is 11.6 Å². The van der Waals surface area contributed by atoms with Gasteiger partial charge in [-0.2, -0.15) is 0 Å². The smallest absolute Gasteiger partial charge is 0.253 e. The molecule has 0 radical (unpaired) electrons. The van der Waals surface area contributed by atoms with Crippen LogP contribution in [0.4, 0.5) is 10.1 Å². The van der Waals surface area contributed by atoms with Crippen molar-refractivity contribution in [3.8, 4) is 0 Å². The van der Waals surface area contributed by atoms with E-state index in [0.717, 1.165) is 18.9 Å². The molecule has 1 amide bonds. The average molecular weight is 280 g/mol. The number of nitrogens with one attached hydrogen (secondary N) is 1. The summed E-state index contributed by atoms with van der Waals surface area (Å²) in [7, 11) is 0. The molecule has 1 fully saturated rings. The second-order valence-electron chi connectivity index (χ2n) is 5.84. The lowest BCUT2D eigenvalue weighted by atomic mass is 9.79. The number of nitrogens with two attached hydrogens (primary N) is 1. The number of carbonyl (C=O) groups is 1. The first-order chi connectivity index (χ1) is 9.39. The highest BCUT2D eigenvalue weighted by molar-refractivity contribution is 5.99. The van der Waals surface area contributed by atoms with Gasteiger partial charge in [0.25, 0.3) is 5.91 Å². The van der Waals surface area contributed by atoms with E-state index in [4.69, 9.17) is 5.73 Å². The number of carbonyl (C=O) groups excluding carboxylic acids is 1. The lowest BCUT2D eigenvalue weighted by molar-refractivity contribution is -0.0109. The Hall–Kier alpha value is -1.62. The van der Waals surface area contributed by atoms with E-state index in [1.165, 1.54) is 12.1 Å². The SMILES string of the molecule is CC1CCCC(O)(CNC(=O)c2cc(F)ccc2N)C1. The van der Waals surface area contributed by atoms with E-state index in [2.05, 4.69) is 12.2 Å². The van der Waals surface area contributed by atoms with Crippen LogP contribution in [0.3, 0.4) is 0 Å². The molecule has 0 spiro atoms. The lowest BCUT2D eigenvalue weighted by Gasteiger charge is -2.35. The van der Waals surface area contributed by atoms with Gasteiger partial charge in [-0.25, -0.2) is 4.39 Å². The van der Waals surface area contributed by atoms with Crippen molar-refractivity contribution in [2.24, 2.45) is 5.92 Å². The number of hydrogen-bond donors (Lipinski definition) is 3. The Bertz CT molecular complexity index is 507. The first kappa shape index (κ1) is 14.8. The number of nitrogen functional groups attached to an aromatic ring is 1. The fourth-order valence-electron chi connectivity index (χ4n) is 2.86. The summed E-state index contributed by atoms with van der Waals surface area (Å²) in [5.41, 5.74) is 5.14. The molecule has 0 heterocycles. The molecule has 1 aromatic carbocycles. The van der Waals surface area contributed by atoms with Crippen molar-refractivity contribution in [2.75, 3.05) is 12.3 Å². The molecule has 0 bridgehead atoms. The third-order valence-electron chi connectivity index (χ3n) is 3.91. The molecule has 4 N–H and O–H groups in total. The highest BCUT2D eigenvalue weighted by atomic mass is 19.1. The number of halogens is 1. The summed E-state index contributed by atoms with van der Waals surface area (Å²) in [6, 6.07) is 3.68. The van der Waals surface area contributed by atoms with E-state index in [1.807, 2.05) is 0 Å². The highest BCUT2D eigenvalue weighted by Gasteiger charge is 2.33. The van der Waals surface area contributed by atoms with Crippen LogP contribution in [0.5, 0.6) is 0 Å². The maximum absolute atomic E-state index is 13.1. The van der Waals surface area contributed by atoms with Crippen molar-refractivity contribution in [3.63, 3.8) is 0 Å². The van der Waals surface area contributed by atoms with Crippen LogP contribution in [0.2, 0.25) is 0 Å². The van der Waals surface area contributed by atoms with Gasteiger partial charge in [-0.15, -0.1) is 0 Å². The number of hydrogen-bond acceptors (Lipinski definition) is 3. The number of benzene rings is 1. The molecular formula is C15H21FN2O2. The van der Waals surface area contributed by atoms with Gasteiger partial charge in [0.15, 0.2) is 0 Å². The minimum Gasteiger partial charge on any atom is -0.398 e. The minimum atomic E-state index is -0.866. The predicted molar refractivity (Wildman–Crippen MR) is 75.7 cm³/mol. The fourth-order valence-corrected chi connectivity index (χ4v) is 2.86. The van der Waals surface area contributed by atoms with Crippen molar-refractivity contribution in [1.29, 1.82) is 0 Å². The van der Waals surface area contributed by atoms with E-state index in [9.17, 15) is 14.3 Å². The summed E-state index contributed by atoms with van der Waals surface area (Å²) in [6.07, 6.45) is 3.41. The first-order valence-corrected chi connectivity index (χ1v) is 6.95. The molecule has 0 aliphatic heterocycles. The predicted octanol–water partition coefficient (Wildman–Crippen LogP) is 2.08. The third-order valence-corrected chi connectivity index (χ3v) is 3.91. The second-order valence-corrected chi connectivity index (χ2v) is 5.84. The van der Waals surface area contributed by atoms with Gasteiger partial charge in [0.05, 0.1) is 11.2 Å². The molecule has 1 aromatic rings. The van der Waals surface area contributed by atoms with E-state index < -0.39 is 17.3 Å². The average Bonchev–Trinajstić information content (AvgIpc) is 2.39. The second kappa shape index (κ2) is 5.79. The summed E-state index contributed by atoms with van der Waals surface area (Å²) >= 11 is 0. The van der Waals surface area contributed by atoms with Crippen LogP contribution < -0.4 is 11.1 Å². The van der Waals surface area contributed by atoms with Gasteiger partial charge < -0.3 is 16.2 Å². The highest BCUT2D eigenvalue weighted by Crippen LogP contribution is 2.31. The Kier molecular flexibility index (Phi) is 4.28. The molecular weight excluding hydrogens is 259 g/mol. The van der Waals surface area contributed by atoms with Gasteiger partial charge in [0.1, 0.15) is 5.82 Å². The van der Waals surface area contributed by atoms with Crippen molar-refractivity contribution in [1.82, 2.24) is 5.32 Å². The monoisotopic (exact) mass is 280 g/mol. The number of amides is 1. The Morgan fingerprint density at radius 2 is 2.35 bits per heavy atom. The van der Waals surface area contributed by atoms with Crippen molar-refractivity contribution in [3.05, 3.63) is 29.6 Å². The Balaban J connectivity index is 1.99. The van der Waals surface area contributed by atoms with E-state index in [0.29, 0.717) is 18.8 Å². The Morgan fingerprint density at radius 3 is 3.05 bits per heavy atom. The van der Waals surface area contributed by atoms with Gasteiger partial charge in [-0.1, -0.05) is 19.8 Å². The van der Waals surface area contributed by atoms with Gasteiger partial charge in [0, 0.05) is 12.2 Å². The maximum atomic E-state index is 13.1. The zero-order valence-corrected chi connectivity index (χ0v) is 11.7. The van der Waals surface area contributed by atoms with Crippen molar-refractivity contribution < 1.29 is 14.3 Å². The van der Waals surface area contributed by atoms with Crippen molar-refractivity contribution in [2.45, 2.75) is 38.2 Å². The molecule has 2 rings (SSSR count). The van der Waals surface area contributed by atoms with Crippen LogP contribution in [0.15, 0.2) is 18.2 Å². The molecule has 20 heavy (non-hydrogen) atoms. The molecule has 1 aliphatic carbocycles. The summed E-state index contributed by atoms with van der Waals surface area (Å²) < 4.78 is 13.1. The van der Waals surface area contributed by atoms with Crippen LogP contribution in [0, 0.1) is 11.7 Å². The molecule has 110 valence electrons. The standard InChI is InChI=1S/C15H21FN2O2/c1-10-3-2-6-15(20,8-10)9-18-14(19)12-7-11(16)4-5-13(12)17/h4-5,7,10,20H,2-3,6,8-9,17H2,1H3,(H,18,19). The minimum absolute atomic E-state index is 0.109. The number of anilines is 1.